The number of hydrogen-bond acceptors (Lipinski definition) is 4. The Bertz CT molecular complexity index is 1050. The topological polar surface area (TPSA) is 83.6 Å². The maximum Gasteiger partial charge on any atom is 0.261 e. The van der Waals surface area contributed by atoms with Gasteiger partial charge in [0.1, 0.15) is 0 Å². The first-order valence-corrected chi connectivity index (χ1v) is 11.7. The molecule has 0 unspecified atom stereocenters. The van der Waals surface area contributed by atoms with Crippen molar-refractivity contribution in [2.75, 3.05) is 17.8 Å². The summed E-state index contributed by atoms with van der Waals surface area (Å²) in [7, 11) is -7.62. The Kier molecular flexibility index (Phi) is 6.57. The Balaban J connectivity index is 2.54. The van der Waals surface area contributed by atoms with Crippen LogP contribution >= 0.6 is 11.6 Å². The van der Waals surface area contributed by atoms with Gasteiger partial charge in [-0.25, -0.2) is 16.8 Å². The van der Waals surface area contributed by atoms with Crippen LogP contribution in [0, 0.1) is 13.8 Å². The Morgan fingerprint density at radius 1 is 0.963 bits per heavy atom. The van der Waals surface area contributed by atoms with Gasteiger partial charge in [0.2, 0.25) is 10.0 Å². The van der Waals surface area contributed by atoms with Crippen molar-refractivity contribution >= 4 is 37.3 Å². The van der Waals surface area contributed by atoms with E-state index in [1.165, 1.54) is 28.6 Å². The molecule has 0 atom stereocenters. The minimum Gasteiger partial charge on any atom is -0.279 e. The van der Waals surface area contributed by atoms with Gasteiger partial charge in [0.15, 0.2) is 0 Å². The lowest BCUT2D eigenvalue weighted by Gasteiger charge is -2.20. The molecule has 0 aliphatic carbocycles. The zero-order valence-electron chi connectivity index (χ0n) is 15.7. The predicted molar refractivity (Wildman–Crippen MR) is 108 cm³/mol. The number of anilines is 1. The summed E-state index contributed by atoms with van der Waals surface area (Å²) in [6, 6.07) is 8.79. The minimum atomic E-state index is -3.91. The molecule has 1 N–H and O–H groups in total. The van der Waals surface area contributed by atoms with Crippen LogP contribution in [0.15, 0.2) is 46.2 Å². The van der Waals surface area contributed by atoms with Crippen LogP contribution in [-0.2, 0) is 20.0 Å². The second-order valence-electron chi connectivity index (χ2n) is 6.06. The average Bonchev–Trinajstić information content (AvgIpc) is 2.59. The van der Waals surface area contributed by atoms with E-state index in [1.807, 2.05) is 0 Å². The van der Waals surface area contributed by atoms with Gasteiger partial charge in [-0.3, -0.25) is 4.72 Å². The van der Waals surface area contributed by atoms with Gasteiger partial charge in [0.05, 0.1) is 15.5 Å². The third-order valence-electron chi connectivity index (χ3n) is 4.33. The number of benzene rings is 2. The Labute approximate surface area is 166 Å². The summed E-state index contributed by atoms with van der Waals surface area (Å²) in [5.74, 6) is 0. The van der Waals surface area contributed by atoms with E-state index in [1.54, 1.807) is 39.8 Å². The van der Waals surface area contributed by atoms with Crippen LogP contribution in [0.5, 0.6) is 0 Å². The molecule has 0 fully saturated rings. The molecule has 9 heteroatoms. The summed E-state index contributed by atoms with van der Waals surface area (Å²) >= 11 is 5.89. The van der Waals surface area contributed by atoms with Crippen molar-refractivity contribution in [3.63, 3.8) is 0 Å². The zero-order chi connectivity index (χ0) is 20.4. The highest BCUT2D eigenvalue weighted by Gasteiger charge is 2.24. The highest BCUT2D eigenvalue weighted by Crippen LogP contribution is 2.28. The van der Waals surface area contributed by atoms with Gasteiger partial charge < -0.3 is 0 Å². The normalized spacial score (nSPS) is 12.4. The maximum atomic E-state index is 12.8. The van der Waals surface area contributed by atoms with Crippen LogP contribution in [0.3, 0.4) is 0 Å². The summed E-state index contributed by atoms with van der Waals surface area (Å²) < 4.78 is 54.8. The van der Waals surface area contributed by atoms with E-state index in [4.69, 9.17) is 11.6 Å². The van der Waals surface area contributed by atoms with Crippen LogP contribution in [0.4, 0.5) is 5.69 Å². The number of rotatable bonds is 7. The van der Waals surface area contributed by atoms with Gasteiger partial charge in [-0.05, 0) is 55.3 Å². The largest absolute Gasteiger partial charge is 0.279 e. The van der Waals surface area contributed by atoms with E-state index in [0.29, 0.717) is 29.2 Å². The molecule has 0 aromatic heterocycles. The number of aryl methyl sites for hydroxylation is 1. The van der Waals surface area contributed by atoms with Crippen LogP contribution < -0.4 is 4.72 Å². The first kappa shape index (κ1) is 21.7. The maximum absolute atomic E-state index is 12.8. The number of nitrogens with one attached hydrogen (secondary N) is 1. The molecule has 148 valence electrons. The van der Waals surface area contributed by atoms with Crippen LogP contribution in [-0.4, -0.2) is 34.2 Å². The molecule has 2 aromatic rings. The molecule has 0 saturated carbocycles. The Hall–Kier alpha value is -1.61. The van der Waals surface area contributed by atoms with Crippen molar-refractivity contribution in [3.05, 3.63) is 52.5 Å². The quantitative estimate of drug-likeness (QED) is 0.724. The monoisotopic (exact) mass is 430 g/mol. The summed E-state index contributed by atoms with van der Waals surface area (Å²) in [6.07, 6.45) is 0. The third-order valence-corrected chi connectivity index (χ3v) is 7.96. The predicted octanol–water partition coefficient (Wildman–Crippen LogP) is 3.79. The highest BCUT2D eigenvalue weighted by atomic mass is 35.5. The molecule has 0 spiro atoms. The van der Waals surface area contributed by atoms with Crippen LogP contribution in [0.25, 0.3) is 0 Å². The molecule has 27 heavy (non-hydrogen) atoms. The first-order valence-electron chi connectivity index (χ1n) is 8.42. The van der Waals surface area contributed by atoms with Gasteiger partial charge in [-0.15, -0.1) is 0 Å². The zero-order valence-corrected chi connectivity index (χ0v) is 18.0. The number of hydrogen-bond donors (Lipinski definition) is 1. The van der Waals surface area contributed by atoms with E-state index in [2.05, 4.69) is 4.72 Å². The molecular formula is C18H23ClN2O4S2. The molecule has 2 rings (SSSR count). The van der Waals surface area contributed by atoms with Crippen molar-refractivity contribution in [2.45, 2.75) is 37.5 Å². The molecule has 0 aliphatic rings. The molecule has 2 aromatic carbocycles. The van der Waals surface area contributed by atoms with Crippen molar-refractivity contribution in [3.8, 4) is 0 Å². The third kappa shape index (κ3) is 4.63. The van der Waals surface area contributed by atoms with E-state index < -0.39 is 20.0 Å². The van der Waals surface area contributed by atoms with E-state index >= 15 is 0 Å². The van der Waals surface area contributed by atoms with Crippen LogP contribution in [0.2, 0.25) is 5.02 Å². The highest BCUT2D eigenvalue weighted by molar-refractivity contribution is 7.92. The molecule has 0 heterocycles. The summed E-state index contributed by atoms with van der Waals surface area (Å²) in [4.78, 5) is 0.0575. The lowest BCUT2D eigenvalue weighted by Crippen LogP contribution is -2.30. The second kappa shape index (κ2) is 8.18. The number of nitrogens with zero attached hydrogens (tertiary/aromatic N) is 1. The Morgan fingerprint density at radius 3 is 2.15 bits per heavy atom. The molecule has 6 nitrogen and oxygen atoms in total. The van der Waals surface area contributed by atoms with Gasteiger partial charge >= 0.3 is 0 Å². The van der Waals surface area contributed by atoms with Gasteiger partial charge in [-0.1, -0.05) is 31.5 Å². The van der Waals surface area contributed by atoms with Crippen molar-refractivity contribution < 1.29 is 16.8 Å². The number of halogens is 1. The molecule has 0 aliphatic heterocycles. The SMILES string of the molecule is CCN(CC)S(=O)(=O)c1cc(C)c(C)c(NS(=O)(=O)c2cccc(Cl)c2)c1. The number of sulfonamides is 2. The molecule has 0 saturated heterocycles. The smallest absolute Gasteiger partial charge is 0.261 e. The minimum absolute atomic E-state index is 0.00376. The van der Waals surface area contributed by atoms with Gasteiger partial charge in [-0.2, -0.15) is 4.31 Å². The standard InChI is InChI=1S/C18H23ClN2O4S2/c1-5-21(6-2)27(24,25)17-10-13(3)14(4)18(12-17)20-26(22,23)16-9-7-8-15(19)11-16/h7-12,20H,5-6H2,1-4H3. The van der Waals surface area contributed by atoms with E-state index in [9.17, 15) is 16.8 Å². The van der Waals surface area contributed by atoms with Crippen LogP contribution in [0.1, 0.15) is 25.0 Å². The van der Waals surface area contributed by atoms with E-state index in [-0.39, 0.29) is 15.5 Å². The fraction of sp³-hybridized carbons (Fsp3) is 0.333. The fourth-order valence-corrected chi connectivity index (χ4v) is 5.62. The Morgan fingerprint density at radius 2 is 1.59 bits per heavy atom. The van der Waals surface area contributed by atoms with Gasteiger partial charge in [0, 0.05) is 18.1 Å². The summed E-state index contributed by atoms with van der Waals surface area (Å²) in [5, 5.41) is 0.295. The van der Waals surface area contributed by atoms with E-state index in [0.717, 1.165) is 0 Å². The van der Waals surface area contributed by atoms with Crippen molar-refractivity contribution in [1.82, 2.24) is 4.31 Å². The summed E-state index contributed by atoms with van der Waals surface area (Å²) in [5.41, 5.74) is 1.55. The molecule has 0 radical (unpaired) electrons. The molecular weight excluding hydrogens is 408 g/mol. The molecule has 0 amide bonds. The fourth-order valence-electron chi connectivity index (χ4n) is 2.63. The van der Waals surface area contributed by atoms with Gasteiger partial charge in [0.25, 0.3) is 10.0 Å². The first-order chi connectivity index (χ1) is 12.5. The summed E-state index contributed by atoms with van der Waals surface area (Å²) in [6.45, 7) is 7.65. The molecule has 0 bridgehead atoms. The second-order valence-corrected chi connectivity index (χ2v) is 10.1. The van der Waals surface area contributed by atoms with Crippen molar-refractivity contribution in [2.24, 2.45) is 0 Å². The average molecular weight is 431 g/mol. The lowest BCUT2D eigenvalue weighted by atomic mass is 10.1. The van der Waals surface area contributed by atoms with Crippen molar-refractivity contribution in [1.29, 1.82) is 0 Å². The lowest BCUT2D eigenvalue weighted by molar-refractivity contribution is 0.445.